The number of hydrogen-bond donors (Lipinski definition) is 4. The van der Waals surface area contributed by atoms with Crippen LogP contribution in [0.15, 0.2) is 73.1 Å². The zero-order valence-electron chi connectivity index (χ0n) is 22.5. The van der Waals surface area contributed by atoms with E-state index in [1.54, 1.807) is 17.8 Å². The first-order chi connectivity index (χ1) is 18.8. The molecule has 4 amide bonds. The van der Waals surface area contributed by atoms with Gasteiger partial charge in [0.2, 0.25) is 11.7 Å². The smallest absolute Gasteiger partial charge is 0.315 e. The third-order valence-electron chi connectivity index (χ3n) is 6.05. The molecule has 0 spiro atoms. The first kappa shape index (κ1) is 29.1. The number of rotatable bonds is 13. The van der Waals surface area contributed by atoms with Crippen molar-refractivity contribution in [3.8, 4) is 5.69 Å². The molecule has 3 aromatic rings. The Morgan fingerprint density at radius 3 is 2.10 bits per heavy atom. The van der Waals surface area contributed by atoms with Crippen LogP contribution in [-0.2, 0) is 27.5 Å². The van der Waals surface area contributed by atoms with Gasteiger partial charge in [0.25, 0.3) is 5.91 Å². The maximum Gasteiger partial charge on any atom is 0.315 e. The quantitative estimate of drug-likeness (QED) is 0.251. The van der Waals surface area contributed by atoms with E-state index in [4.69, 9.17) is 0 Å². The van der Waals surface area contributed by atoms with Crippen molar-refractivity contribution < 1.29 is 19.2 Å². The molecule has 1 heterocycles. The van der Waals surface area contributed by atoms with Crippen LogP contribution in [0.5, 0.6) is 0 Å². The van der Waals surface area contributed by atoms with Crippen molar-refractivity contribution in [2.45, 2.75) is 58.8 Å². The zero-order valence-corrected chi connectivity index (χ0v) is 22.5. The van der Waals surface area contributed by atoms with Gasteiger partial charge in [-0.05, 0) is 48.1 Å². The molecule has 10 nitrogen and oxygen atoms in total. The third kappa shape index (κ3) is 9.10. The number of hydrogen-bond acceptors (Lipinski definition) is 5. The molecule has 4 N–H and O–H groups in total. The number of Topliss-reactive ketones (excluding diaryl/α,β-unsaturated/α-hetero) is 1. The molecule has 39 heavy (non-hydrogen) atoms. The van der Waals surface area contributed by atoms with Gasteiger partial charge in [0.15, 0.2) is 0 Å². The van der Waals surface area contributed by atoms with Crippen molar-refractivity contribution in [2.24, 2.45) is 5.92 Å². The molecule has 0 fully saturated rings. The van der Waals surface area contributed by atoms with E-state index >= 15 is 0 Å². The molecule has 2 atom stereocenters. The molecule has 0 saturated carbocycles. The number of carbonyl (C=O) groups excluding carboxylic acids is 4. The summed E-state index contributed by atoms with van der Waals surface area (Å²) < 4.78 is 1.72. The fraction of sp³-hybridized carbons (Fsp3) is 0.345. The summed E-state index contributed by atoms with van der Waals surface area (Å²) in [6.07, 6.45) is 4.11. The molecule has 10 heteroatoms. The molecular formula is C29H36N6O4. The second-order valence-electron chi connectivity index (χ2n) is 9.63. The van der Waals surface area contributed by atoms with Gasteiger partial charge in [0, 0.05) is 25.5 Å². The molecule has 1 aromatic heterocycles. The van der Waals surface area contributed by atoms with E-state index in [1.165, 1.54) is 0 Å². The van der Waals surface area contributed by atoms with Gasteiger partial charge >= 0.3 is 6.03 Å². The molecule has 0 aliphatic rings. The monoisotopic (exact) mass is 532 g/mol. The molecule has 0 aliphatic carbocycles. The van der Waals surface area contributed by atoms with Crippen molar-refractivity contribution >= 4 is 23.6 Å². The van der Waals surface area contributed by atoms with Crippen LogP contribution < -0.4 is 21.3 Å². The normalized spacial score (nSPS) is 12.3. The second-order valence-corrected chi connectivity index (χ2v) is 9.63. The lowest BCUT2D eigenvalue weighted by Gasteiger charge is -2.23. The van der Waals surface area contributed by atoms with E-state index < -0.39 is 35.7 Å². The van der Waals surface area contributed by atoms with Crippen molar-refractivity contribution in [1.29, 1.82) is 0 Å². The highest BCUT2D eigenvalue weighted by molar-refractivity contribution is 6.38. The van der Waals surface area contributed by atoms with Crippen molar-refractivity contribution in [1.82, 2.24) is 31.0 Å². The van der Waals surface area contributed by atoms with Crippen molar-refractivity contribution in [3.63, 3.8) is 0 Å². The van der Waals surface area contributed by atoms with Gasteiger partial charge in [-0.25, -0.2) is 9.48 Å². The summed E-state index contributed by atoms with van der Waals surface area (Å²) in [5, 5.41) is 14.9. The number of ketones is 1. The number of amides is 4. The Morgan fingerprint density at radius 2 is 1.49 bits per heavy atom. The average molecular weight is 533 g/mol. The highest BCUT2D eigenvalue weighted by Gasteiger charge is 2.29. The van der Waals surface area contributed by atoms with Gasteiger partial charge in [0.05, 0.1) is 11.7 Å². The summed E-state index contributed by atoms with van der Waals surface area (Å²) >= 11 is 0. The largest absolute Gasteiger partial charge is 0.345 e. The molecule has 1 unspecified atom stereocenters. The number of benzene rings is 2. The van der Waals surface area contributed by atoms with Gasteiger partial charge < -0.3 is 21.3 Å². The lowest BCUT2D eigenvalue weighted by molar-refractivity contribution is -0.140. The molecule has 206 valence electrons. The third-order valence-corrected chi connectivity index (χ3v) is 6.05. The van der Waals surface area contributed by atoms with Gasteiger partial charge in [-0.2, -0.15) is 5.10 Å². The molecule has 0 saturated heterocycles. The van der Waals surface area contributed by atoms with Crippen LogP contribution in [-0.4, -0.2) is 45.5 Å². The summed E-state index contributed by atoms with van der Waals surface area (Å²) in [5.41, 5.74) is 2.61. The Hall–Kier alpha value is -4.47. The number of nitrogens with one attached hydrogen (secondary N) is 4. The van der Waals surface area contributed by atoms with Crippen molar-refractivity contribution in [3.05, 3.63) is 84.2 Å². The number of carbonyl (C=O) groups is 4. The fourth-order valence-electron chi connectivity index (χ4n) is 3.93. The van der Waals surface area contributed by atoms with E-state index in [-0.39, 0.29) is 18.9 Å². The Kier molecular flexibility index (Phi) is 10.8. The first-order valence-corrected chi connectivity index (χ1v) is 13.1. The van der Waals surface area contributed by atoms with Crippen LogP contribution in [0.2, 0.25) is 0 Å². The number of urea groups is 1. The molecule has 3 rings (SSSR count). The lowest BCUT2D eigenvalue weighted by atomic mass is 10.0. The van der Waals surface area contributed by atoms with E-state index in [9.17, 15) is 19.2 Å². The van der Waals surface area contributed by atoms with Gasteiger partial charge in [0.1, 0.15) is 6.04 Å². The lowest BCUT2D eigenvalue weighted by Crippen LogP contribution is -2.55. The zero-order chi connectivity index (χ0) is 28.2. The standard InChI is InChI=1S/C29H36N6O4/c1-4-24(26(36)28(38)30-18-22-11-13-23(14-12-22)35-16-8-15-32-35)33-27(37)25(17-20(2)3)34-29(39)31-19-21-9-6-5-7-10-21/h5-16,20,24-25H,4,17-19H2,1-3H3,(H,30,38)(H,33,37)(H2,31,34,39)/t24?,25-/m0/s1. The summed E-state index contributed by atoms with van der Waals surface area (Å²) in [7, 11) is 0. The fourth-order valence-corrected chi connectivity index (χ4v) is 3.93. The van der Waals surface area contributed by atoms with Crippen molar-refractivity contribution in [2.75, 3.05) is 0 Å². The first-order valence-electron chi connectivity index (χ1n) is 13.1. The maximum absolute atomic E-state index is 13.0. The Morgan fingerprint density at radius 1 is 0.821 bits per heavy atom. The molecule has 0 aliphatic heterocycles. The Labute approximate surface area is 228 Å². The molecular weight excluding hydrogens is 496 g/mol. The summed E-state index contributed by atoms with van der Waals surface area (Å²) in [4.78, 5) is 50.9. The SMILES string of the molecule is CCC(NC(=O)[C@H](CC(C)C)NC(=O)NCc1ccccc1)C(=O)C(=O)NCc1ccc(-n2cccn2)cc1. The number of aromatic nitrogens is 2. The van der Waals surface area contributed by atoms with Crippen LogP contribution in [0.3, 0.4) is 0 Å². The summed E-state index contributed by atoms with van der Waals surface area (Å²) in [6, 6.07) is 16.3. The van der Waals surface area contributed by atoms with E-state index in [1.807, 2.05) is 80.7 Å². The van der Waals surface area contributed by atoms with E-state index in [0.717, 1.165) is 16.8 Å². The predicted molar refractivity (Wildman–Crippen MR) is 148 cm³/mol. The minimum atomic E-state index is -1.01. The van der Waals surface area contributed by atoms with Crippen LogP contribution in [0.4, 0.5) is 4.79 Å². The summed E-state index contributed by atoms with van der Waals surface area (Å²) in [6.45, 7) is 6.04. The highest BCUT2D eigenvalue weighted by Crippen LogP contribution is 2.09. The van der Waals surface area contributed by atoms with Crippen LogP contribution in [0, 0.1) is 5.92 Å². The van der Waals surface area contributed by atoms with Crippen LogP contribution >= 0.6 is 0 Å². The average Bonchev–Trinajstić information content (AvgIpc) is 3.48. The van der Waals surface area contributed by atoms with E-state index in [2.05, 4.69) is 26.4 Å². The van der Waals surface area contributed by atoms with Crippen LogP contribution in [0.25, 0.3) is 5.69 Å². The molecule has 0 radical (unpaired) electrons. The number of nitrogens with zero attached hydrogens (tertiary/aromatic N) is 2. The minimum Gasteiger partial charge on any atom is -0.345 e. The van der Waals surface area contributed by atoms with E-state index in [0.29, 0.717) is 13.0 Å². The van der Waals surface area contributed by atoms with Gasteiger partial charge in [-0.15, -0.1) is 0 Å². The Balaban J connectivity index is 1.53. The molecule has 0 bridgehead atoms. The summed E-state index contributed by atoms with van der Waals surface area (Å²) in [5.74, 6) is -1.93. The van der Waals surface area contributed by atoms with Crippen LogP contribution in [0.1, 0.15) is 44.7 Å². The minimum absolute atomic E-state index is 0.105. The topological polar surface area (TPSA) is 134 Å². The van der Waals surface area contributed by atoms with Gasteiger partial charge in [-0.1, -0.05) is 63.2 Å². The van der Waals surface area contributed by atoms with Gasteiger partial charge in [-0.3, -0.25) is 14.4 Å². The Bertz CT molecular complexity index is 1230. The maximum atomic E-state index is 13.0. The highest BCUT2D eigenvalue weighted by atomic mass is 16.2. The molecule has 2 aromatic carbocycles. The predicted octanol–water partition coefficient (Wildman–Crippen LogP) is 2.87. The second kappa shape index (κ2) is 14.5.